The zero-order chi connectivity index (χ0) is 21.9. The van der Waals surface area contributed by atoms with Crippen LogP contribution >= 0.6 is 34.5 Å². The van der Waals surface area contributed by atoms with Gasteiger partial charge in [-0.2, -0.15) is 0 Å². The van der Waals surface area contributed by atoms with Crippen molar-refractivity contribution in [3.05, 3.63) is 50.8 Å². The van der Waals surface area contributed by atoms with Gasteiger partial charge in [-0.3, -0.25) is 9.78 Å². The summed E-state index contributed by atoms with van der Waals surface area (Å²) in [5, 5.41) is 13.9. The number of rotatable bonds is 5. The van der Waals surface area contributed by atoms with Gasteiger partial charge in [0.15, 0.2) is 5.13 Å². The van der Waals surface area contributed by atoms with E-state index in [0.29, 0.717) is 34.6 Å². The number of aromatic amines is 1. The van der Waals surface area contributed by atoms with Gasteiger partial charge in [0.2, 0.25) is 0 Å². The van der Waals surface area contributed by atoms with Crippen molar-refractivity contribution in [3.63, 3.8) is 0 Å². The van der Waals surface area contributed by atoms with Gasteiger partial charge in [0.25, 0.3) is 5.91 Å². The second kappa shape index (κ2) is 7.51. The molecular weight excluding hydrogens is 461 g/mol. The van der Waals surface area contributed by atoms with Crippen molar-refractivity contribution in [3.8, 4) is 11.3 Å². The second-order valence-electron chi connectivity index (χ2n) is 7.70. The van der Waals surface area contributed by atoms with Crippen LogP contribution in [0.4, 0.5) is 5.13 Å². The number of carbonyl (C=O) groups is 2. The van der Waals surface area contributed by atoms with Crippen LogP contribution in [0.5, 0.6) is 0 Å². The maximum Gasteiger partial charge on any atom is 0.348 e. The van der Waals surface area contributed by atoms with E-state index in [-0.39, 0.29) is 39.4 Å². The fraction of sp³-hybridized carbons (Fsp3) is 0.300. The van der Waals surface area contributed by atoms with Gasteiger partial charge >= 0.3 is 5.97 Å². The van der Waals surface area contributed by atoms with Crippen LogP contribution < -0.4 is 10.2 Å². The average molecular weight is 478 g/mol. The summed E-state index contributed by atoms with van der Waals surface area (Å²) in [6.07, 6.45) is 3.23. The lowest BCUT2D eigenvalue weighted by Crippen LogP contribution is -2.34. The van der Waals surface area contributed by atoms with E-state index in [2.05, 4.69) is 25.2 Å². The van der Waals surface area contributed by atoms with Crippen molar-refractivity contribution in [1.82, 2.24) is 20.3 Å². The van der Waals surface area contributed by atoms with Crippen LogP contribution in [-0.4, -0.2) is 51.1 Å². The quantitative estimate of drug-likeness (QED) is 0.516. The Hall–Kier alpha value is -2.62. The molecule has 1 amide bonds. The van der Waals surface area contributed by atoms with Crippen LogP contribution in [0.15, 0.2) is 24.5 Å². The number of piperidine rings is 1. The van der Waals surface area contributed by atoms with Gasteiger partial charge in [-0.15, -0.1) is 0 Å². The lowest BCUT2D eigenvalue weighted by Gasteiger charge is -2.19. The molecule has 5 rings (SSSR count). The van der Waals surface area contributed by atoms with E-state index in [4.69, 9.17) is 23.2 Å². The molecule has 1 saturated heterocycles. The predicted octanol–water partition coefficient (Wildman–Crippen LogP) is 3.71. The summed E-state index contributed by atoms with van der Waals surface area (Å²) in [4.78, 5) is 38.1. The molecule has 31 heavy (non-hydrogen) atoms. The number of carboxylic acids is 1. The largest absolute Gasteiger partial charge is 0.477 e. The van der Waals surface area contributed by atoms with E-state index in [9.17, 15) is 14.7 Å². The Bertz CT molecular complexity index is 1180. The Labute approximate surface area is 191 Å². The molecule has 3 aromatic rings. The molecule has 0 radical (unpaired) electrons. The summed E-state index contributed by atoms with van der Waals surface area (Å²) < 4.78 is 0. The summed E-state index contributed by atoms with van der Waals surface area (Å²) in [7, 11) is 0. The Kier molecular flexibility index (Phi) is 4.91. The number of aryl methyl sites for hydroxylation is 1. The minimum Gasteiger partial charge on any atom is -0.477 e. The van der Waals surface area contributed by atoms with E-state index < -0.39 is 5.97 Å². The zero-order valence-electron chi connectivity index (χ0n) is 16.2. The maximum atomic E-state index is 12.6. The first kappa shape index (κ1) is 20.3. The van der Waals surface area contributed by atoms with Crippen molar-refractivity contribution in [1.29, 1.82) is 0 Å². The van der Waals surface area contributed by atoms with Gasteiger partial charge < -0.3 is 20.3 Å². The number of fused-ring (bicyclic) bond motifs is 1. The molecule has 2 fully saturated rings. The van der Waals surface area contributed by atoms with Crippen LogP contribution in [0.3, 0.4) is 0 Å². The molecule has 0 bridgehead atoms. The van der Waals surface area contributed by atoms with Crippen molar-refractivity contribution in [2.45, 2.75) is 13.0 Å². The summed E-state index contributed by atoms with van der Waals surface area (Å²) >= 11 is 13.4. The Morgan fingerprint density at radius 2 is 1.90 bits per heavy atom. The molecule has 11 heteroatoms. The molecule has 1 saturated carbocycles. The normalized spacial score (nSPS) is 21.8. The highest BCUT2D eigenvalue weighted by Crippen LogP contribution is 2.48. The third-order valence-electron chi connectivity index (χ3n) is 5.81. The number of hydrogen-bond donors (Lipinski definition) is 3. The van der Waals surface area contributed by atoms with Crippen LogP contribution in [0.1, 0.15) is 25.9 Å². The number of carboxylic acid groups (broad SMARTS) is 1. The number of nitrogens with zero attached hydrogens (tertiary/aromatic N) is 3. The molecule has 4 heterocycles. The molecule has 8 nitrogen and oxygen atoms in total. The van der Waals surface area contributed by atoms with E-state index in [0.717, 1.165) is 5.56 Å². The number of halogens is 2. The predicted molar refractivity (Wildman–Crippen MR) is 118 cm³/mol. The van der Waals surface area contributed by atoms with Gasteiger partial charge in [0.05, 0.1) is 15.7 Å². The molecule has 3 N–H and O–H groups in total. The topological polar surface area (TPSA) is 111 Å². The fourth-order valence-electron chi connectivity index (χ4n) is 4.14. The minimum absolute atomic E-state index is 0.0563. The van der Waals surface area contributed by atoms with Crippen LogP contribution in [0.25, 0.3) is 11.3 Å². The first-order valence-electron chi connectivity index (χ1n) is 9.59. The molecule has 0 aromatic carbocycles. The first-order valence-corrected chi connectivity index (χ1v) is 11.2. The highest BCUT2D eigenvalue weighted by atomic mass is 35.5. The maximum absolute atomic E-state index is 12.6. The number of aromatic nitrogens is 3. The average Bonchev–Trinajstić information content (AvgIpc) is 3.16. The van der Waals surface area contributed by atoms with Gasteiger partial charge in [0, 0.05) is 54.6 Å². The van der Waals surface area contributed by atoms with E-state index >= 15 is 0 Å². The molecule has 3 aromatic heterocycles. The van der Waals surface area contributed by atoms with Crippen LogP contribution in [-0.2, 0) is 0 Å². The number of anilines is 1. The number of aromatic carboxylic acids is 1. The highest BCUT2D eigenvalue weighted by molar-refractivity contribution is 7.17. The molecule has 1 aliphatic heterocycles. The summed E-state index contributed by atoms with van der Waals surface area (Å²) in [6.45, 7) is 3.17. The lowest BCUT2D eigenvalue weighted by atomic mass is 10.2. The molecule has 1 aliphatic carbocycles. The third kappa shape index (κ3) is 3.46. The van der Waals surface area contributed by atoms with Crippen molar-refractivity contribution in [2.24, 2.45) is 11.8 Å². The monoisotopic (exact) mass is 477 g/mol. The molecule has 3 atom stereocenters. The van der Waals surface area contributed by atoms with Crippen LogP contribution in [0, 0.1) is 18.8 Å². The number of nitrogens with one attached hydrogen (secondary N) is 2. The minimum atomic E-state index is -0.998. The number of carbonyl (C=O) groups excluding carboxylic acids is 1. The smallest absolute Gasteiger partial charge is 0.348 e. The van der Waals surface area contributed by atoms with Crippen molar-refractivity contribution in [2.75, 3.05) is 18.0 Å². The first-order chi connectivity index (χ1) is 14.8. The third-order valence-corrected chi connectivity index (χ3v) is 7.86. The lowest BCUT2D eigenvalue weighted by molar-refractivity contribution is 0.0702. The van der Waals surface area contributed by atoms with Gasteiger partial charge in [-0.25, -0.2) is 9.78 Å². The fourth-order valence-corrected chi connectivity index (χ4v) is 5.50. The number of H-pyrrole nitrogens is 1. The van der Waals surface area contributed by atoms with E-state index in [1.165, 1.54) is 11.3 Å². The van der Waals surface area contributed by atoms with Crippen LogP contribution in [0.2, 0.25) is 10.0 Å². The summed E-state index contributed by atoms with van der Waals surface area (Å²) in [5.41, 5.74) is 2.11. The highest BCUT2D eigenvalue weighted by Gasteiger charge is 2.57. The molecule has 0 spiro atoms. The summed E-state index contributed by atoms with van der Waals surface area (Å²) in [6, 6.07) is 3.55. The van der Waals surface area contributed by atoms with Gasteiger partial charge in [-0.1, -0.05) is 34.5 Å². The van der Waals surface area contributed by atoms with Gasteiger partial charge in [-0.05, 0) is 19.1 Å². The molecule has 160 valence electrons. The number of amides is 1. The second-order valence-corrected chi connectivity index (χ2v) is 9.43. The van der Waals surface area contributed by atoms with Crippen molar-refractivity contribution < 1.29 is 14.7 Å². The Balaban J connectivity index is 1.28. The summed E-state index contributed by atoms with van der Waals surface area (Å²) in [5.74, 6) is -0.693. The Morgan fingerprint density at radius 1 is 1.23 bits per heavy atom. The van der Waals surface area contributed by atoms with E-state index in [1.807, 2.05) is 0 Å². The standard InChI is InChI=1S/C20H17Cl2N5O3S/c1-8-12(21)13(22)16(24-8)18(28)25-15-10-6-27(7-11(10)15)20-26-14(17(31-20)19(29)30)9-2-4-23-5-3-9/h2-5,10-11,15,24H,6-7H2,1H3,(H,25,28)(H,29,30)/t10-,11+,15-. The zero-order valence-corrected chi connectivity index (χ0v) is 18.6. The molecule has 2 aliphatic rings. The molecular formula is C20H17Cl2N5O3S. The molecule has 0 unspecified atom stereocenters. The van der Waals surface area contributed by atoms with E-state index in [1.54, 1.807) is 31.5 Å². The number of thiazole rings is 1. The number of hydrogen-bond acceptors (Lipinski definition) is 6. The Morgan fingerprint density at radius 3 is 2.48 bits per heavy atom. The van der Waals surface area contributed by atoms with Gasteiger partial charge in [0.1, 0.15) is 10.6 Å². The SMILES string of the molecule is Cc1[nH]c(C(=O)N[C@@H]2[C@@H]3CN(c4nc(-c5ccncc5)c(C(=O)O)s4)C[C@@H]32)c(Cl)c1Cl. The van der Waals surface area contributed by atoms with Crippen molar-refractivity contribution >= 4 is 51.5 Å². The number of pyridine rings is 1.